The number of anilines is 1. The number of nitrogens with zero attached hydrogens (tertiary/aromatic N) is 2. The third kappa shape index (κ3) is 4.21. The van der Waals surface area contributed by atoms with E-state index in [2.05, 4.69) is 12.2 Å². The van der Waals surface area contributed by atoms with E-state index in [-0.39, 0.29) is 12.0 Å². The van der Waals surface area contributed by atoms with Crippen LogP contribution in [-0.4, -0.2) is 61.6 Å². The van der Waals surface area contributed by atoms with Crippen LogP contribution >= 0.6 is 0 Å². The Kier molecular flexibility index (Phi) is 5.77. The van der Waals surface area contributed by atoms with Crippen molar-refractivity contribution in [3.05, 3.63) is 29.8 Å². The highest BCUT2D eigenvalue weighted by atomic mass is 16.5. The van der Waals surface area contributed by atoms with Crippen molar-refractivity contribution < 1.29 is 14.3 Å². The monoisotopic (exact) mass is 305 g/mol. The molecule has 1 heterocycles. The molecule has 1 saturated heterocycles. The minimum Gasteiger partial charge on any atom is -0.453 e. The topological polar surface area (TPSA) is 61.9 Å². The van der Waals surface area contributed by atoms with Gasteiger partial charge in [-0.1, -0.05) is 25.1 Å². The van der Waals surface area contributed by atoms with Gasteiger partial charge >= 0.3 is 6.09 Å². The van der Waals surface area contributed by atoms with Crippen LogP contribution in [0.4, 0.5) is 10.5 Å². The van der Waals surface area contributed by atoms with Crippen LogP contribution in [-0.2, 0) is 16.0 Å². The van der Waals surface area contributed by atoms with Gasteiger partial charge in [0.15, 0.2) is 0 Å². The fourth-order valence-corrected chi connectivity index (χ4v) is 2.56. The summed E-state index contributed by atoms with van der Waals surface area (Å²) in [5, 5.41) is 2.97. The molecular weight excluding hydrogens is 282 g/mol. The number of hydrogen-bond acceptors (Lipinski definition) is 4. The van der Waals surface area contributed by atoms with Crippen LogP contribution in [0.3, 0.4) is 0 Å². The molecule has 1 aromatic rings. The Morgan fingerprint density at radius 1 is 1.18 bits per heavy atom. The van der Waals surface area contributed by atoms with Crippen LogP contribution in [0.1, 0.15) is 12.5 Å². The molecule has 120 valence electrons. The molecule has 0 unspecified atom stereocenters. The Morgan fingerprint density at radius 3 is 2.50 bits per heavy atom. The first-order chi connectivity index (χ1) is 10.6. The molecule has 0 radical (unpaired) electrons. The zero-order valence-electron chi connectivity index (χ0n) is 13.2. The second kappa shape index (κ2) is 7.79. The Morgan fingerprint density at radius 2 is 1.86 bits per heavy atom. The third-order valence-corrected chi connectivity index (χ3v) is 3.84. The Bertz CT molecular complexity index is 525. The molecule has 22 heavy (non-hydrogen) atoms. The second-order valence-corrected chi connectivity index (χ2v) is 5.29. The van der Waals surface area contributed by atoms with E-state index in [0.29, 0.717) is 32.7 Å². The average molecular weight is 305 g/mol. The zero-order chi connectivity index (χ0) is 15.9. The quantitative estimate of drug-likeness (QED) is 0.917. The van der Waals surface area contributed by atoms with Gasteiger partial charge in [0, 0.05) is 31.9 Å². The van der Waals surface area contributed by atoms with Crippen LogP contribution in [0, 0.1) is 0 Å². The molecule has 0 aromatic heterocycles. The lowest BCUT2D eigenvalue weighted by Crippen LogP contribution is -2.50. The van der Waals surface area contributed by atoms with Crippen molar-refractivity contribution in [1.82, 2.24) is 9.80 Å². The van der Waals surface area contributed by atoms with Crippen molar-refractivity contribution in [1.29, 1.82) is 0 Å². The molecule has 1 aliphatic rings. The van der Waals surface area contributed by atoms with Crippen molar-refractivity contribution in [2.75, 3.05) is 45.2 Å². The Labute approximate surface area is 131 Å². The van der Waals surface area contributed by atoms with Crippen molar-refractivity contribution in [3.63, 3.8) is 0 Å². The van der Waals surface area contributed by atoms with Crippen molar-refractivity contribution in [3.8, 4) is 0 Å². The normalized spacial score (nSPS) is 15.5. The number of para-hydroxylation sites is 1. The Hall–Kier alpha value is -2.08. The maximum atomic E-state index is 12.2. The van der Waals surface area contributed by atoms with Gasteiger partial charge in [-0.2, -0.15) is 0 Å². The first-order valence-electron chi connectivity index (χ1n) is 7.57. The molecule has 0 atom stereocenters. The van der Waals surface area contributed by atoms with Gasteiger partial charge < -0.3 is 15.0 Å². The number of nitrogens with one attached hydrogen (secondary N) is 1. The van der Waals surface area contributed by atoms with Gasteiger partial charge in [0.05, 0.1) is 13.7 Å². The highest BCUT2D eigenvalue weighted by Crippen LogP contribution is 2.15. The number of piperazine rings is 1. The van der Waals surface area contributed by atoms with E-state index in [1.54, 1.807) is 4.90 Å². The molecule has 1 aliphatic heterocycles. The summed E-state index contributed by atoms with van der Waals surface area (Å²) in [6, 6.07) is 7.83. The molecule has 1 N–H and O–H groups in total. The van der Waals surface area contributed by atoms with Crippen molar-refractivity contribution >= 4 is 17.7 Å². The summed E-state index contributed by atoms with van der Waals surface area (Å²) in [5.74, 6) is -0.0209. The SMILES string of the molecule is CCc1ccccc1NC(=O)CN1CCN(C(=O)OC)CC1. The van der Waals surface area contributed by atoms with E-state index in [1.165, 1.54) is 7.11 Å². The maximum absolute atomic E-state index is 12.2. The molecule has 2 amide bonds. The highest BCUT2D eigenvalue weighted by molar-refractivity contribution is 5.93. The van der Waals surface area contributed by atoms with Crippen LogP contribution in [0.2, 0.25) is 0 Å². The molecule has 0 aliphatic carbocycles. The molecular formula is C16H23N3O3. The summed E-state index contributed by atoms with van der Waals surface area (Å²) in [5.41, 5.74) is 2.01. The fraction of sp³-hybridized carbons (Fsp3) is 0.500. The lowest BCUT2D eigenvalue weighted by atomic mass is 10.1. The van der Waals surface area contributed by atoms with E-state index >= 15 is 0 Å². The van der Waals surface area contributed by atoms with Gasteiger partial charge in [0.25, 0.3) is 0 Å². The lowest BCUT2D eigenvalue weighted by molar-refractivity contribution is -0.117. The van der Waals surface area contributed by atoms with Crippen LogP contribution in [0.5, 0.6) is 0 Å². The number of aryl methyl sites for hydroxylation is 1. The lowest BCUT2D eigenvalue weighted by Gasteiger charge is -2.33. The van der Waals surface area contributed by atoms with Gasteiger partial charge in [0.2, 0.25) is 5.91 Å². The largest absolute Gasteiger partial charge is 0.453 e. The van der Waals surface area contributed by atoms with Gasteiger partial charge in [-0.15, -0.1) is 0 Å². The molecule has 6 nitrogen and oxygen atoms in total. The van der Waals surface area contributed by atoms with Crippen LogP contribution in [0.25, 0.3) is 0 Å². The van der Waals surface area contributed by atoms with E-state index in [1.807, 2.05) is 29.2 Å². The number of carbonyl (C=O) groups excluding carboxylic acids is 2. The summed E-state index contributed by atoms with van der Waals surface area (Å²) in [6.45, 7) is 4.94. The van der Waals surface area contributed by atoms with Gasteiger partial charge in [0.1, 0.15) is 0 Å². The smallest absolute Gasteiger partial charge is 0.409 e. The molecule has 0 bridgehead atoms. The second-order valence-electron chi connectivity index (χ2n) is 5.29. The van der Waals surface area contributed by atoms with Crippen LogP contribution < -0.4 is 5.32 Å². The molecule has 2 rings (SSSR count). The third-order valence-electron chi connectivity index (χ3n) is 3.84. The fourth-order valence-electron chi connectivity index (χ4n) is 2.56. The highest BCUT2D eigenvalue weighted by Gasteiger charge is 2.22. The minimum atomic E-state index is -0.305. The number of methoxy groups -OCH3 is 1. The van der Waals surface area contributed by atoms with E-state index in [4.69, 9.17) is 4.74 Å². The number of ether oxygens (including phenoxy) is 1. The number of hydrogen-bond donors (Lipinski definition) is 1. The maximum Gasteiger partial charge on any atom is 0.409 e. The van der Waals surface area contributed by atoms with Gasteiger partial charge in [-0.25, -0.2) is 4.79 Å². The van der Waals surface area contributed by atoms with Crippen molar-refractivity contribution in [2.45, 2.75) is 13.3 Å². The Balaban J connectivity index is 1.82. The summed E-state index contributed by atoms with van der Waals surface area (Å²) >= 11 is 0. The average Bonchev–Trinajstić information content (AvgIpc) is 2.55. The summed E-state index contributed by atoms with van der Waals surface area (Å²) in [6.07, 6.45) is 0.579. The number of amides is 2. The first-order valence-corrected chi connectivity index (χ1v) is 7.57. The summed E-state index contributed by atoms with van der Waals surface area (Å²) in [4.78, 5) is 27.3. The van der Waals surface area contributed by atoms with E-state index in [0.717, 1.165) is 17.7 Å². The van der Waals surface area contributed by atoms with E-state index < -0.39 is 0 Å². The van der Waals surface area contributed by atoms with Crippen LogP contribution in [0.15, 0.2) is 24.3 Å². The molecule has 1 aromatic carbocycles. The van der Waals surface area contributed by atoms with Gasteiger partial charge in [-0.3, -0.25) is 9.69 Å². The summed E-state index contributed by atoms with van der Waals surface area (Å²) in [7, 11) is 1.38. The zero-order valence-corrected chi connectivity index (χ0v) is 13.2. The standard InChI is InChI=1S/C16H23N3O3/c1-3-13-6-4-5-7-14(13)17-15(20)12-18-8-10-19(11-9-18)16(21)22-2/h4-7H,3,8-12H2,1-2H3,(H,17,20). The minimum absolute atomic E-state index is 0.0209. The predicted octanol–water partition coefficient (Wildman–Crippen LogP) is 1.57. The first kappa shape index (κ1) is 16.3. The predicted molar refractivity (Wildman–Crippen MR) is 84.9 cm³/mol. The number of rotatable bonds is 4. The number of benzene rings is 1. The van der Waals surface area contributed by atoms with E-state index in [9.17, 15) is 9.59 Å². The number of carbonyl (C=O) groups is 2. The summed E-state index contributed by atoms with van der Waals surface area (Å²) < 4.78 is 4.70. The van der Waals surface area contributed by atoms with Crippen molar-refractivity contribution in [2.24, 2.45) is 0 Å². The molecule has 6 heteroatoms. The van der Waals surface area contributed by atoms with Gasteiger partial charge in [-0.05, 0) is 18.1 Å². The molecule has 1 fully saturated rings. The molecule has 0 spiro atoms. The molecule has 0 saturated carbocycles.